The Hall–Kier alpha value is -1.34. The molecule has 3 rings (SSSR count). The van der Waals surface area contributed by atoms with Crippen molar-refractivity contribution in [3.05, 3.63) is 35.4 Å². The second-order valence-electron chi connectivity index (χ2n) is 5.83. The van der Waals surface area contributed by atoms with Crippen LogP contribution in [0.2, 0.25) is 0 Å². The van der Waals surface area contributed by atoms with Crippen LogP contribution >= 0.6 is 11.8 Å². The largest absolute Gasteiger partial charge is 0.342 e. The van der Waals surface area contributed by atoms with Gasteiger partial charge in [-0.1, -0.05) is 41.6 Å². The highest BCUT2D eigenvalue weighted by Crippen LogP contribution is 2.39. The van der Waals surface area contributed by atoms with Crippen molar-refractivity contribution in [2.24, 2.45) is 4.99 Å². The van der Waals surface area contributed by atoms with E-state index in [1.165, 1.54) is 24.2 Å². The van der Waals surface area contributed by atoms with Crippen molar-refractivity contribution in [2.75, 3.05) is 11.5 Å². The van der Waals surface area contributed by atoms with Crippen LogP contribution in [0, 0.1) is 6.92 Å². The molecule has 0 radical (unpaired) electrons. The first kappa shape index (κ1) is 15.6. The molecule has 0 aliphatic carbocycles. The van der Waals surface area contributed by atoms with E-state index in [0.717, 1.165) is 5.56 Å². The monoisotopic (exact) mass is 338 g/mol. The number of carbonyl (C=O) groups is 1. The van der Waals surface area contributed by atoms with Gasteiger partial charge in [-0.25, -0.2) is 8.42 Å². The molecule has 118 valence electrons. The zero-order valence-electron chi connectivity index (χ0n) is 12.5. The number of thioether (sulfide) groups is 1. The van der Waals surface area contributed by atoms with Crippen LogP contribution in [0.3, 0.4) is 0 Å². The van der Waals surface area contributed by atoms with Crippen molar-refractivity contribution in [3.8, 4) is 0 Å². The number of rotatable bonds is 2. The average Bonchev–Trinajstić information content (AvgIpc) is 2.85. The fourth-order valence-corrected chi connectivity index (χ4v) is 6.84. The van der Waals surface area contributed by atoms with Gasteiger partial charge in [0, 0.05) is 18.7 Å². The first-order valence-electron chi connectivity index (χ1n) is 7.12. The third kappa shape index (κ3) is 3.20. The third-order valence-electron chi connectivity index (χ3n) is 3.90. The summed E-state index contributed by atoms with van der Waals surface area (Å²) in [6.07, 6.45) is 0. The highest BCUT2D eigenvalue weighted by Gasteiger charge is 2.48. The molecule has 7 heteroatoms. The van der Waals surface area contributed by atoms with Crippen LogP contribution < -0.4 is 0 Å². The van der Waals surface area contributed by atoms with E-state index in [9.17, 15) is 13.2 Å². The number of amides is 1. The molecule has 0 aromatic heterocycles. The number of carbonyl (C=O) groups excluding carboxylic acids is 1. The lowest BCUT2D eigenvalue weighted by Gasteiger charge is -2.24. The van der Waals surface area contributed by atoms with Crippen LogP contribution in [0.25, 0.3) is 0 Å². The number of sulfone groups is 1. The summed E-state index contributed by atoms with van der Waals surface area (Å²) in [4.78, 5) is 17.4. The maximum atomic E-state index is 11.9. The minimum absolute atomic E-state index is 0.0199. The van der Waals surface area contributed by atoms with Crippen LogP contribution in [0.4, 0.5) is 0 Å². The molecule has 1 aromatic rings. The van der Waals surface area contributed by atoms with Crippen molar-refractivity contribution >= 4 is 32.7 Å². The molecule has 2 aliphatic heterocycles. The molecule has 2 saturated heterocycles. The molecule has 22 heavy (non-hydrogen) atoms. The molecule has 0 saturated carbocycles. The van der Waals surface area contributed by atoms with Gasteiger partial charge >= 0.3 is 0 Å². The van der Waals surface area contributed by atoms with Gasteiger partial charge in [-0.15, -0.1) is 0 Å². The zero-order chi connectivity index (χ0) is 15.9. The van der Waals surface area contributed by atoms with E-state index in [1.54, 1.807) is 0 Å². The van der Waals surface area contributed by atoms with Gasteiger partial charge in [-0.05, 0) is 12.5 Å². The Kier molecular flexibility index (Phi) is 4.03. The van der Waals surface area contributed by atoms with E-state index < -0.39 is 9.84 Å². The van der Waals surface area contributed by atoms with E-state index in [0.29, 0.717) is 11.7 Å². The molecule has 2 aliphatic rings. The Balaban J connectivity index is 1.89. The fourth-order valence-electron chi connectivity index (χ4n) is 2.85. The molecular formula is C15H18N2O3S2. The summed E-state index contributed by atoms with van der Waals surface area (Å²) in [5, 5.41) is 0.631. The van der Waals surface area contributed by atoms with Gasteiger partial charge in [0.25, 0.3) is 0 Å². The van der Waals surface area contributed by atoms with Crippen LogP contribution in [0.5, 0.6) is 0 Å². The van der Waals surface area contributed by atoms with Crippen LogP contribution in [0.1, 0.15) is 18.1 Å². The first-order chi connectivity index (χ1) is 10.3. The van der Waals surface area contributed by atoms with Gasteiger partial charge in [-0.3, -0.25) is 4.79 Å². The second-order valence-corrected chi connectivity index (χ2v) is 9.19. The van der Waals surface area contributed by atoms with Crippen molar-refractivity contribution < 1.29 is 13.2 Å². The van der Waals surface area contributed by atoms with Crippen molar-refractivity contribution in [1.82, 2.24) is 4.90 Å². The summed E-state index contributed by atoms with van der Waals surface area (Å²) < 4.78 is 23.7. The lowest BCUT2D eigenvalue weighted by Crippen LogP contribution is -2.37. The molecule has 1 aromatic carbocycles. The van der Waals surface area contributed by atoms with Crippen molar-refractivity contribution in [2.45, 2.75) is 31.7 Å². The van der Waals surface area contributed by atoms with E-state index in [1.807, 2.05) is 36.1 Å². The molecule has 0 spiro atoms. The minimum Gasteiger partial charge on any atom is -0.342 e. The van der Waals surface area contributed by atoms with Crippen molar-refractivity contribution in [1.29, 1.82) is 0 Å². The number of aliphatic imine (C=N–C) groups is 1. The Bertz CT molecular complexity index is 726. The van der Waals surface area contributed by atoms with Crippen LogP contribution in [-0.4, -0.2) is 47.2 Å². The summed E-state index contributed by atoms with van der Waals surface area (Å²) in [6.45, 7) is 4.02. The van der Waals surface area contributed by atoms with Gasteiger partial charge in [0.2, 0.25) is 5.91 Å². The fraction of sp³-hybridized carbons (Fsp3) is 0.467. The molecule has 0 bridgehead atoms. The molecule has 0 unspecified atom stereocenters. The highest BCUT2D eigenvalue weighted by molar-refractivity contribution is 8.15. The van der Waals surface area contributed by atoms with E-state index in [4.69, 9.17) is 0 Å². The number of fused-ring (bicyclic) bond motifs is 1. The molecule has 2 heterocycles. The summed E-state index contributed by atoms with van der Waals surface area (Å²) in [6, 6.07) is 8.03. The maximum Gasteiger partial charge on any atom is 0.244 e. The van der Waals surface area contributed by atoms with E-state index in [2.05, 4.69) is 4.99 Å². The highest BCUT2D eigenvalue weighted by atomic mass is 32.2. The summed E-state index contributed by atoms with van der Waals surface area (Å²) in [7, 11) is -2.99. The zero-order valence-corrected chi connectivity index (χ0v) is 14.2. The number of hydrogen-bond donors (Lipinski definition) is 0. The maximum absolute atomic E-state index is 11.9. The van der Waals surface area contributed by atoms with E-state index in [-0.39, 0.29) is 28.7 Å². The lowest BCUT2D eigenvalue weighted by molar-refractivity contribution is -0.115. The van der Waals surface area contributed by atoms with Gasteiger partial charge in [0.15, 0.2) is 15.0 Å². The Labute approximate surface area is 134 Å². The molecular weight excluding hydrogens is 320 g/mol. The normalized spacial score (nSPS) is 28.1. The number of nitrogens with zero attached hydrogens (tertiary/aromatic N) is 2. The first-order valence-corrected chi connectivity index (χ1v) is 9.83. The molecule has 5 nitrogen and oxygen atoms in total. The Morgan fingerprint density at radius 3 is 2.64 bits per heavy atom. The van der Waals surface area contributed by atoms with Gasteiger partial charge in [0.05, 0.1) is 17.5 Å². The lowest BCUT2D eigenvalue weighted by atomic mass is 10.1. The number of hydrogen-bond acceptors (Lipinski definition) is 4. The van der Waals surface area contributed by atoms with Crippen LogP contribution in [-0.2, 0) is 21.2 Å². The van der Waals surface area contributed by atoms with Gasteiger partial charge in [0.1, 0.15) is 0 Å². The quantitative estimate of drug-likeness (QED) is 0.820. The minimum atomic E-state index is -2.99. The van der Waals surface area contributed by atoms with Gasteiger partial charge < -0.3 is 4.90 Å². The van der Waals surface area contributed by atoms with Gasteiger partial charge in [-0.2, -0.15) is 4.99 Å². The Morgan fingerprint density at radius 2 is 2.00 bits per heavy atom. The summed E-state index contributed by atoms with van der Waals surface area (Å²) in [5.74, 6) is 0.0659. The average molecular weight is 338 g/mol. The summed E-state index contributed by atoms with van der Waals surface area (Å²) >= 11 is 1.42. The Morgan fingerprint density at radius 1 is 1.32 bits per heavy atom. The van der Waals surface area contributed by atoms with E-state index >= 15 is 0 Å². The standard InChI is InChI=1S/C15H18N2O3S2/c1-10-3-5-12(6-4-10)7-17-13-8-22(19,20)9-14(13)21-15(17)16-11(2)18/h3-6,13-14H,7-9H2,1-2H3/t13-,14+/m0/s1. The second kappa shape index (κ2) is 5.70. The molecule has 1 amide bonds. The van der Waals surface area contributed by atoms with Crippen LogP contribution in [0.15, 0.2) is 29.3 Å². The SMILES string of the molecule is CC(=O)N=C1S[C@@H]2CS(=O)(=O)C[C@@H]2N1Cc1ccc(C)cc1. The molecule has 2 fully saturated rings. The van der Waals surface area contributed by atoms with Crippen molar-refractivity contribution in [3.63, 3.8) is 0 Å². The number of benzene rings is 1. The predicted octanol–water partition coefficient (Wildman–Crippen LogP) is 1.61. The number of aryl methyl sites for hydroxylation is 1. The molecule has 0 N–H and O–H groups in total. The summed E-state index contributed by atoms with van der Waals surface area (Å²) in [5.41, 5.74) is 2.27. The predicted molar refractivity (Wildman–Crippen MR) is 88.7 cm³/mol. The third-order valence-corrected chi connectivity index (χ3v) is 7.15. The number of amidine groups is 1. The smallest absolute Gasteiger partial charge is 0.244 e. The topological polar surface area (TPSA) is 66.8 Å². The molecule has 2 atom stereocenters.